The Hall–Kier alpha value is -2.16. The van der Waals surface area contributed by atoms with Crippen LogP contribution in [-0.2, 0) is 11.3 Å². The summed E-state index contributed by atoms with van der Waals surface area (Å²) in [7, 11) is 1.59. The highest BCUT2D eigenvalue weighted by atomic mass is 32.1. The minimum absolute atomic E-state index is 0.0400. The fourth-order valence-electron chi connectivity index (χ4n) is 4.59. The quantitative estimate of drug-likeness (QED) is 0.671. The molecule has 2 fully saturated rings. The highest BCUT2D eigenvalue weighted by molar-refractivity contribution is 7.07. The first-order chi connectivity index (χ1) is 15.2. The Kier molecular flexibility index (Phi) is 7.42. The number of nitrogens with one attached hydrogen (secondary N) is 1. The zero-order valence-electron chi connectivity index (χ0n) is 18.1. The molecule has 1 saturated heterocycles. The Balaban J connectivity index is 1.41. The molecular weight excluding hydrogens is 414 g/mol. The second kappa shape index (κ2) is 10.4. The molecule has 0 spiro atoms. The van der Waals surface area contributed by atoms with Gasteiger partial charge in [0, 0.05) is 36.1 Å². The van der Waals surface area contributed by atoms with Gasteiger partial charge in [-0.3, -0.25) is 9.69 Å². The average Bonchev–Trinajstić information content (AvgIpc) is 3.36. The maximum Gasteiger partial charge on any atom is 0.251 e. The summed E-state index contributed by atoms with van der Waals surface area (Å²) in [5.41, 5.74) is 3.26. The number of aromatic nitrogens is 1. The molecule has 4 rings (SSSR count). The number of hydrogen-bond acceptors (Lipinski definition) is 7. The first-order valence-corrected chi connectivity index (χ1v) is 11.9. The van der Waals surface area contributed by atoms with Crippen LogP contribution in [-0.4, -0.2) is 61.3 Å². The lowest BCUT2D eigenvalue weighted by Crippen LogP contribution is -2.59. The van der Waals surface area contributed by atoms with Crippen LogP contribution in [0.25, 0.3) is 0 Å². The molecular formula is C23H31N3O4S. The molecule has 1 aliphatic carbocycles. The summed E-state index contributed by atoms with van der Waals surface area (Å²) in [6.07, 6.45) is 5.96. The molecule has 1 aromatic carbocycles. The number of hydrogen-bond donors (Lipinski definition) is 1. The van der Waals surface area contributed by atoms with Crippen molar-refractivity contribution in [3.63, 3.8) is 0 Å². The van der Waals surface area contributed by atoms with E-state index in [1.165, 1.54) is 30.6 Å². The van der Waals surface area contributed by atoms with Crippen molar-refractivity contribution < 1.29 is 19.0 Å². The minimum atomic E-state index is -0.0810. The van der Waals surface area contributed by atoms with Gasteiger partial charge in [-0.2, -0.15) is 0 Å². The zero-order valence-corrected chi connectivity index (χ0v) is 18.9. The molecule has 8 heteroatoms. The van der Waals surface area contributed by atoms with Gasteiger partial charge < -0.3 is 19.5 Å². The maximum atomic E-state index is 13.0. The molecule has 1 aromatic heterocycles. The summed E-state index contributed by atoms with van der Waals surface area (Å²) in [4.78, 5) is 19.7. The molecule has 2 aliphatic rings. The smallest absolute Gasteiger partial charge is 0.251 e. The van der Waals surface area contributed by atoms with Crippen molar-refractivity contribution in [3.8, 4) is 11.5 Å². The van der Waals surface area contributed by atoms with E-state index in [2.05, 4.69) is 15.2 Å². The van der Waals surface area contributed by atoms with E-state index in [-0.39, 0.29) is 11.4 Å². The monoisotopic (exact) mass is 445 g/mol. The third-order valence-corrected chi connectivity index (χ3v) is 6.96. The fraction of sp³-hybridized carbons (Fsp3) is 0.565. The van der Waals surface area contributed by atoms with Crippen LogP contribution in [0.4, 0.5) is 0 Å². The van der Waals surface area contributed by atoms with Crippen molar-refractivity contribution in [1.29, 1.82) is 0 Å². The molecule has 168 valence electrons. The second-order valence-corrected chi connectivity index (χ2v) is 8.92. The first-order valence-electron chi connectivity index (χ1n) is 11.0. The summed E-state index contributed by atoms with van der Waals surface area (Å²) in [5, 5.41) is 5.15. The van der Waals surface area contributed by atoms with E-state index < -0.39 is 0 Å². The van der Waals surface area contributed by atoms with E-state index in [0.717, 1.165) is 44.8 Å². The highest BCUT2D eigenvalue weighted by Gasteiger charge is 2.38. The Labute approximate surface area is 187 Å². The van der Waals surface area contributed by atoms with Gasteiger partial charge in [0.2, 0.25) is 0 Å². The van der Waals surface area contributed by atoms with Crippen LogP contribution in [0.15, 0.2) is 29.1 Å². The molecule has 0 radical (unpaired) electrons. The highest BCUT2D eigenvalue weighted by Crippen LogP contribution is 2.34. The lowest BCUT2D eigenvalue weighted by Gasteiger charge is -2.48. The lowest BCUT2D eigenvalue weighted by molar-refractivity contribution is -0.0361. The molecule has 1 aliphatic heterocycles. The van der Waals surface area contributed by atoms with Crippen molar-refractivity contribution >= 4 is 17.2 Å². The van der Waals surface area contributed by atoms with Crippen LogP contribution in [0, 0.1) is 0 Å². The lowest BCUT2D eigenvalue weighted by atomic mass is 9.79. The Bertz CT molecular complexity index is 847. The second-order valence-electron chi connectivity index (χ2n) is 8.20. The van der Waals surface area contributed by atoms with E-state index in [0.29, 0.717) is 30.2 Å². The number of amides is 1. The van der Waals surface area contributed by atoms with E-state index in [1.807, 2.05) is 5.38 Å². The number of nitrogens with zero attached hydrogens (tertiary/aromatic N) is 2. The fourth-order valence-corrected chi connectivity index (χ4v) is 5.13. The number of carbonyl (C=O) groups is 1. The first kappa shape index (κ1) is 22.0. The molecule has 1 saturated carbocycles. The van der Waals surface area contributed by atoms with Gasteiger partial charge in [0.05, 0.1) is 31.5 Å². The zero-order chi connectivity index (χ0) is 21.5. The Morgan fingerprint density at radius 1 is 1.23 bits per heavy atom. The van der Waals surface area contributed by atoms with Gasteiger partial charge in [-0.15, -0.1) is 11.3 Å². The number of methoxy groups -OCH3 is 1. The van der Waals surface area contributed by atoms with Crippen LogP contribution in [0.1, 0.15) is 48.2 Å². The summed E-state index contributed by atoms with van der Waals surface area (Å²) < 4.78 is 16.8. The summed E-state index contributed by atoms with van der Waals surface area (Å²) in [6, 6.07) is 5.32. The summed E-state index contributed by atoms with van der Waals surface area (Å²) in [6.45, 7) is 4.46. The van der Waals surface area contributed by atoms with Crippen LogP contribution in [0.3, 0.4) is 0 Å². The van der Waals surface area contributed by atoms with Crippen LogP contribution < -0.4 is 14.8 Å². The number of ether oxygens (including phenoxy) is 3. The third-order valence-electron chi connectivity index (χ3n) is 6.33. The molecule has 0 atom stereocenters. The maximum absolute atomic E-state index is 13.0. The van der Waals surface area contributed by atoms with E-state index in [4.69, 9.17) is 14.2 Å². The SMILES string of the molecule is COc1cc(C(=O)NCC2(N3CCOCC3)CCCCC2)ccc1OCc1cscn1. The molecule has 1 N–H and O–H groups in total. The summed E-state index contributed by atoms with van der Waals surface area (Å²) in [5.74, 6) is 1.06. The number of thiazole rings is 1. The molecule has 2 heterocycles. The molecule has 0 bridgehead atoms. The Morgan fingerprint density at radius 3 is 2.74 bits per heavy atom. The van der Waals surface area contributed by atoms with Crippen molar-refractivity contribution in [2.45, 2.75) is 44.2 Å². The topological polar surface area (TPSA) is 72.9 Å². The van der Waals surface area contributed by atoms with Crippen molar-refractivity contribution in [2.75, 3.05) is 40.0 Å². The number of rotatable bonds is 8. The van der Waals surface area contributed by atoms with Crippen LogP contribution in [0.5, 0.6) is 11.5 Å². The average molecular weight is 446 g/mol. The van der Waals surface area contributed by atoms with E-state index in [9.17, 15) is 4.79 Å². The van der Waals surface area contributed by atoms with Gasteiger partial charge in [-0.25, -0.2) is 4.98 Å². The van der Waals surface area contributed by atoms with Crippen LogP contribution >= 0.6 is 11.3 Å². The van der Waals surface area contributed by atoms with Gasteiger partial charge in [0.1, 0.15) is 6.61 Å². The predicted octanol–water partition coefficient (Wildman–Crippen LogP) is 3.50. The largest absolute Gasteiger partial charge is 0.493 e. The molecule has 7 nitrogen and oxygen atoms in total. The van der Waals surface area contributed by atoms with Crippen LogP contribution in [0.2, 0.25) is 0 Å². The van der Waals surface area contributed by atoms with Crippen molar-refractivity contribution in [3.05, 3.63) is 40.3 Å². The van der Waals surface area contributed by atoms with Gasteiger partial charge >= 0.3 is 0 Å². The minimum Gasteiger partial charge on any atom is -0.493 e. The molecule has 0 unspecified atom stereocenters. The van der Waals surface area contributed by atoms with Gasteiger partial charge in [-0.05, 0) is 31.0 Å². The third kappa shape index (κ3) is 5.37. The van der Waals surface area contributed by atoms with Crippen molar-refractivity contribution in [2.24, 2.45) is 0 Å². The molecule has 1 amide bonds. The normalized spacial score (nSPS) is 19.0. The number of benzene rings is 1. The standard InChI is InChI=1S/C23H31N3O4S/c1-28-21-13-18(5-6-20(21)30-14-19-15-31-17-25-19)22(27)24-16-23(7-3-2-4-8-23)26-9-11-29-12-10-26/h5-6,13,15,17H,2-4,7-12,14,16H2,1H3,(H,24,27). The van der Waals surface area contributed by atoms with E-state index in [1.54, 1.807) is 30.8 Å². The molecule has 31 heavy (non-hydrogen) atoms. The van der Waals surface area contributed by atoms with E-state index >= 15 is 0 Å². The van der Waals surface area contributed by atoms with Gasteiger partial charge in [-0.1, -0.05) is 19.3 Å². The molecule has 2 aromatic rings. The predicted molar refractivity (Wildman–Crippen MR) is 120 cm³/mol. The summed E-state index contributed by atoms with van der Waals surface area (Å²) >= 11 is 1.53. The van der Waals surface area contributed by atoms with Crippen molar-refractivity contribution in [1.82, 2.24) is 15.2 Å². The van der Waals surface area contributed by atoms with Gasteiger partial charge in [0.25, 0.3) is 5.91 Å². The Morgan fingerprint density at radius 2 is 2.03 bits per heavy atom. The number of carbonyl (C=O) groups excluding carboxylic acids is 1. The van der Waals surface area contributed by atoms with Gasteiger partial charge in [0.15, 0.2) is 11.5 Å². The number of morpholine rings is 1.